The van der Waals surface area contributed by atoms with Crippen LogP contribution in [0.3, 0.4) is 0 Å². The molecular formula is C64H125N3O7S. The van der Waals surface area contributed by atoms with Crippen molar-refractivity contribution in [3.8, 4) is 0 Å². The summed E-state index contributed by atoms with van der Waals surface area (Å²) in [5.74, 6) is -0.161. The van der Waals surface area contributed by atoms with Crippen molar-refractivity contribution in [3.63, 3.8) is 0 Å². The Morgan fingerprint density at radius 3 is 1.04 bits per heavy atom. The van der Waals surface area contributed by atoms with Gasteiger partial charge in [-0.25, -0.2) is 14.4 Å². The predicted octanol–water partition coefficient (Wildman–Crippen LogP) is 19.4. The van der Waals surface area contributed by atoms with Gasteiger partial charge in [0.1, 0.15) is 24.4 Å². The Hall–Kier alpha value is -2.17. The van der Waals surface area contributed by atoms with Crippen LogP contribution in [0.25, 0.3) is 0 Å². The van der Waals surface area contributed by atoms with E-state index in [1.165, 1.54) is 249 Å². The van der Waals surface area contributed by atoms with Crippen molar-refractivity contribution >= 4 is 35.8 Å². The van der Waals surface area contributed by atoms with Crippen LogP contribution in [0.15, 0.2) is 0 Å². The molecule has 0 radical (unpaired) electrons. The van der Waals surface area contributed by atoms with E-state index in [9.17, 15) is 19.2 Å². The van der Waals surface area contributed by atoms with E-state index < -0.39 is 35.9 Å². The van der Waals surface area contributed by atoms with Crippen molar-refractivity contribution < 1.29 is 33.4 Å². The Morgan fingerprint density at radius 2 is 0.707 bits per heavy atom. The van der Waals surface area contributed by atoms with Gasteiger partial charge in [-0.05, 0) is 40.0 Å². The van der Waals surface area contributed by atoms with E-state index in [0.29, 0.717) is 19.5 Å². The Bertz CT molecular complexity index is 1270. The molecular weight excluding hydrogens is 955 g/mol. The van der Waals surface area contributed by atoms with E-state index in [-0.39, 0.29) is 24.0 Å². The number of esters is 1. The fraction of sp³-hybridized carbons (Fsp3) is 0.938. The van der Waals surface area contributed by atoms with E-state index in [0.717, 1.165) is 51.4 Å². The fourth-order valence-corrected chi connectivity index (χ4v) is 10.7. The molecule has 11 heteroatoms. The first-order valence-corrected chi connectivity index (χ1v) is 33.6. The number of hydrogen-bond acceptors (Lipinski definition) is 8. The number of hydrogen-bond donors (Lipinski definition) is 3. The topological polar surface area (TPSA) is 132 Å². The molecule has 3 amide bonds. The summed E-state index contributed by atoms with van der Waals surface area (Å²) in [6, 6.07) is -0.864. The number of carbonyl (C=O) groups is 4. The molecule has 2 atom stereocenters. The third-order valence-corrected chi connectivity index (χ3v) is 15.6. The molecule has 444 valence electrons. The molecule has 0 aromatic heterocycles. The standard InChI is InChI=1S/C64H125N3O7S/c1-7-10-13-16-19-22-25-28-30-32-35-38-41-44-47-50-53-65-62(70)72-55-58(73-63(71)66-54-51-48-45-42-39-36-33-31-29-26-23-20-17-14-11-8-2)56-75-57-59(61(69)74-64(4,5)6)67-60(68)52-49-46-43-40-37-34-27-24-21-18-15-12-9-3/h58-59H,7-57H2,1-6H3,(H,65,70)(H,66,71)(H,67,68)/t58-,59+/m1/s1. The minimum Gasteiger partial charge on any atom is -0.458 e. The normalized spacial score (nSPS) is 12.3. The lowest BCUT2D eigenvalue weighted by Crippen LogP contribution is -2.46. The minimum absolute atomic E-state index is 0.118. The maximum atomic E-state index is 13.4. The van der Waals surface area contributed by atoms with Gasteiger partial charge in [-0.1, -0.05) is 290 Å². The molecule has 0 aliphatic rings. The van der Waals surface area contributed by atoms with Crippen LogP contribution in [0.2, 0.25) is 0 Å². The average Bonchev–Trinajstić information content (AvgIpc) is 3.37. The molecule has 0 saturated heterocycles. The molecule has 0 rings (SSSR count). The summed E-state index contributed by atoms with van der Waals surface area (Å²) in [5.41, 5.74) is -0.719. The molecule has 0 aliphatic carbocycles. The van der Waals surface area contributed by atoms with Crippen LogP contribution in [-0.2, 0) is 23.8 Å². The molecule has 0 heterocycles. The Balaban J connectivity index is 4.87. The first kappa shape index (κ1) is 72.8. The zero-order valence-electron chi connectivity index (χ0n) is 50.5. The van der Waals surface area contributed by atoms with E-state index in [2.05, 4.69) is 36.7 Å². The molecule has 10 nitrogen and oxygen atoms in total. The van der Waals surface area contributed by atoms with Crippen molar-refractivity contribution in [2.75, 3.05) is 31.2 Å². The van der Waals surface area contributed by atoms with Crippen LogP contribution in [0.4, 0.5) is 9.59 Å². The van der Waals surface area contributed by atoms with Crippen molar-refractivity contribution in [1.29, 1.82) is 0 Å². The predicted molar refractivity (Wildman–Crippen MR) is 322 cm³/mol. The SMILES string of the molecule is CCCCCCCCCCCCCCCCCCNC(=O)OC[C@H](CSC[C@H](NC(=O)CCCCCCCCCCCCCCC)C(=O)OC(C)(C)C)OC(=O)NCCCCCCCCCCCCCCCCCC. The second-order valence-corrected chi connectivity index (χ2v) is 24.3. The van der Waals surface area contributed by atoms with Gasteiger partial charge in [0.25, 0.3) is 0 Å². The van der Waals surface area contributed by atoms with Crippen LogP contribution in [0.5, 0.6) is 0 Å². The van der Waals surface area contributed by atoms with E-state index >= 15 is 0 Å². The van der Waals surface area contributed by atoms with Gasteiger partial charge in [-0.15, -0.1) is 0 Å². The van der Waals surface area contributed by atoms with Gasteiger partial charge in [0.15, 0.2) is 0 Å². The number of nitrogens with one attached hydrogen (secondary N) is 3. The quantitative estimate of drug-likeness (QED) is 0.0312. The summed E-state index contributed by atoms with van der Waals surface area (Å²) >= 11 is 1.37. The van der Waals surface area contributed by atoms with E-state index in [4.69, 9.17) is 14.2 Å². The van der Waals surface area contributed by atoms with Gasteiger partial charge >= 0.3 is 18.2 Å². The third kappa shape index (κ3) is 56.4. The highest BCUT2D eigenvalue weighted by Crippen LogP contribution is 2.18. The molecule has 3 N–H and O–H groups in total. The van der Waals surface area contributed by atoms with Crippen LogP contribution >= 0.6 is 11.8 Å². The Kier molecular flexibility index (Phi) is 54.9. The first-order chi connectivity index (χ1) is 36.5. The summed E-state index contributed by atoms with van der Waals surface area (Å²) in [6.07, 6.45) is 55.9. The van der Waals surface area contributed by atoms with Gasteiger partial charge in [0, 0.05) is 31.0 Å². The highest BCUT2D eigenvalue weighted by molar-refractivity contribution is 7.99. The Morgan fingerprint density at radius 1 is 0.400 bits per heavy atom. The second kappa shape index (κ2) is 56.5. The van der Waals surface area contributed by atoms with Crippen LogP contribution in [-0.4, -0.2) is 73.0 Å². The number of ether oxygens (including phenoxy) is 3. The van der Waals surface area contributed by atoms with Crippen molar-refractivity contribution in [2.45, 2.75) is 355 Å². The van der Waals surface area contributed by atoms with Crippen molar-refractivity contribution in [2.24, 2.45) is 0 Å². The third-order valence-electron chi connectivity index (χ3n) is 14.4. The molecule has 0 saturated carbocycles. The molecule has 0 unspecified atom stereocenters. The Labute approximate surface area is 468 Å². The monoisotopic (exact) mass is 1080 g/mol. The molecule has 75 heavy (non-hydrogen) atoms. The maximum absolute atomic E-state index is 13.4. The van der Waals surface area contributed by atoms with Gasteiger partial charge in [-0.3, -0.25) is 4.79 Å². The minimum atomic E-state index is -0.864. The lowest BCUT2D eigenvalue weighted by Gasteiger charge is -2.25. The number of unbranched alkanes of at least 4 members (excludes halogenated alkanes) is 42. The van der Waals surface area contributed by atoms with Gasteiger partial charge in [0.2, 0.25) is 5.91 Å². The van der Waals surface area contributed by atoms with Gasteiger partial charge in [0.05, 0.1) is 0 Å². The molecule has 0 spiro atoms. The lowest BCUT2D eigenvalue weighted by atomic mass is 10.0. The van der Waals surface area contributed by atoms with E-state index in [1.807, 2.05) is 20.8 Å². The maximum Gasteiger partial charge on any atom is 0.407 e. The largest absolute Gasteiger partial charge is 0.458 e. The second-order valence-electron chi connectivity index (χ2n) is 23.3. The van der Waals surface area contributed by atoms with Crippen molar-refractivity contribution in [1.82, 2.24) is 16.0 Å². The highest BCUT2D eigenvalue weighted by atomic mass is 32.2. The number of carbonyl (C=O) groups excluding carboxylic acids is 4. The number of amides is 3. The number of thioether (sulfide) groups is 1. The number of rotatable bonds is 57. The smallest absolute Gasteiger partial charge is 0.407 e. The van der Waals surface area contributed by atoms with E-state index in [1.54, 1.807) is 0 Å². The molecule has 0 aromatic rings. The first-order valence-electron chi connectivity index (χ1n) is 32.5. The average molecular weight is 1080 g/mol. The summed E-state index contributed by atoms with van der Waals surface area (Å²) < 4.78 is 17.1. The summed E-state index contributed by atoms with van der Waals surface area (Å²) in [4.78, 5) is 52.3. The molecule has 0 aliphatic heterocycles. The van der Waals surface area contributed by atoms with Crippen LogP contribution in [0, 0.1) is 0 Å². The molecule has 0 bridgehead atoms. The van der Waals surface area contributed by atoms with Crippen LogP contribution in [0.1, 0.15) is 337 Å². The lowest BCUT2D eigenvalue weighted by molar-refractivity contribution is -0.157. The van der Waals surface area contributed by atoms with Gasteiger partial charge in [-0.2, -0.15) is 11.8 Å². The number of alkyl carbamates (subject to hydrolysis) is 2. The zero-order chi connectivity index (χ0) is 55.0. The highest BCUT2D eigenvalue weighted by Gasteiger charge is 2.28. The molecule has 0 fully saturated rings. The van der Waals surface area contributed by atoms with Gasteiger partial charge < -0.3 is 30.2 Å². The van der Waals surface area contributed by atoms with Crippen LogP contribution < -0.4 is 16.0 Å². The van der Waals surface area contributed by atoms with Crippen molar-refractivity contribution in [3.05, 3.63) is 0 Å². The summed E-state index contributed by atoms with van der Waals surface area (Å²) in [7, 11) is 0. The summed E-state index contributed by atoms with van der Waals surface area (Å²) in [6.45, 7) is 13.2. The molecule has 0 aromatic carbocycles. The summed E-state index contributed by atoms with van der Waals surface area (Å²) in [5, 5.41) is 8.71. The zero-order valence-corrected chi connectivity index (χ0v) is 51.3. The fourth-order valence-electron chi connectivity index (χ4n) is 9.68.